The molecule has 1 aliphatic heterocycles. The highest BCUT2D eigenvalue weighted by Gasteiger charge is 2.22. The Morgan fingerprint density at radius 2 is 1.80 bits per heavy atom. The fourth-order valence-electron chi connectivity index (χ4n) is 4.08. The van der Waals surface area contributed by atoms with E-state index in [4.69, 9.17) is 11.6 Å². The Kier molecular flexibility index (Phi) is 5.66. The van der Waals surface area contributed by atoms with Gasteiger partial charge in [0.2, 0.25) is 5.91 Å². The second-order valence-electron chi connectivity index (χ2n) is 7.93. The third-order valence-corrected chi connectivity index (χ3v) is 6.40. The first-order valence-electron chi connectivity index (χ1n) is 10.1. The minimum atomic E-state index is -0.228. The summed E-state index contributed by atoms with van der Waals surface area (Å²) >= 11 is 6.34. The topological polar surface area (TPSA) is 63.4 Å². The summed E-state index contributed by atoms with van der Waals surface area (Å²) in [6.07, 6.45) is 1.69. The zero-order valence-electron chi connectivity index (χ0n) is 17.6. The summed E-state index contributed by atoms with van der Waals surface area (Å²) in [6, 6.07) is 7.70. The fourth-order valence-corrected chi connectivity index (χ4v) is 4.27. The molecule has 1 amide bonds. The van der Waals surface area contributed by atoms with Gasteiger partial charge in [0, 0.05) is 54.5 Å². The Bertz CT molecular complexity index is 1160. The normalized spacial score (nSPS) is 15.1. The summed E-state index contributed by atoms with van der Waals surface area (Å²) in [5, 5.41) is 6.42. The Labute approximate surface area is 180 Å². The zero-order valence-corrected chi connectivity index (χ0v) is 18.3. The monoisotopic (exact) mass is 427 g/mol. The number of carbonyl (C=O) groups is 1. The Hall–Kier alpha value is -2.64. The van der Waals surface area contributed by atoms with Gasteiger partial charge in [0.1, 0.15) is 6.54 Å². The summed E-state index contributed by atoms with van der Waals surface area (Å²) < 4.78 is 3.37. The largest absolute Gasteiger partial charge is 0.343 e. The molecule has 3 aromatic rings. The summed E-state index contributed by atoms with van der Waals surface area (Å²) in [4.78, 5) is 29.9. The first kappa shape index (κ1) is 20.6. The van der Waals surface area contributed by atoms with E-state index in [1.807, 2.05) is 45.2 Å². The van der Waals surface area contributed by atoms with Crippen LogP contribution in [0, 0.1) is 13.8 Å². The van der Waals surface area contributed by atoms with Crippen molar-refractivity contribution in [2.75, 3.05) is 33.2 Å². The third-order valence-electron chi connectivity index (χ3n) is 6.03. The number of piperazine rings is 1. The van der Waals surface area contributed by atoms with Crippen LogP contribution in [0.3, 0.4) is 0 Å². The maximum Gasteiger partial charge on any atom is 0.276 e. The van der Waals surface area contributed by atoms with Gasteiger partial charge in [-0.2, -0.15) is 5.10 Å². The van der Waals surface area contributed by atoms with E-state index in [0.29, 0.717) is 30.0 Å². The van der Waals surface area contributed by atoms with Gasteiger partial charge in [-0.3, -0.25) is 9.59 Å². The maximum atomic E-state index is 13.2. The third kappa shape index (κ3) is 3.75. The minimum absolute atomic E-state index is 0.0351. The standard InChI is InChI=1S/C22H26ClN5O2/c1-15-18-12-24-28(14-20(29)26-10-8-25(3)9-11-26)22(30)21(18)16(2)27(15)13-17-6-4-5-7-19(17)23/h4-7,12H,8-11,13-14H2,1-3H3. The number of nitrogens with zero attached hydrogens (tertiary/aromatic N) is 5. The number of amides is 1. The smallest absolute Gasteiger partial charge is 0.276 e. The number of benzene rings is 1. The van der Waals surface area contributed by atoms with Crippen LogP contribution in [0.4, 0.5) is 0 Å². The molecule has 0 aliphatic carbocycles. The lowest BCUT2D eigenvalue weighted by molar-refractivity contribution is -0.133. The molecule has 0 atom stereocenters. The summed E-state index contributed by atoms with van der Waals surface area (Å²) in [5.74, 6) is -0.0677. The Morgan fingerprint density at radius 3 is 2.50 bits per heavy atom. The van der Waals surface area contributed by atoms with Crippen molar-refractivity contribution in [1.29, 1.82) is 0 Å². The van der Waals surface area contributed by atoms with E-state index >= 15 is 0 Å². The van der Waals surface area contributed by atoms with Crippen LogP contribution < -0.4 is 5.56 Å². The van der Waals surface area contributed by atoms with Gasteiger partial charge < -0.3 is 14.4 Å². The highest BCUT2D eigenvalue weighted by Crippen LogP contribution is 2.25. The van der Waals surface area contributed by atoms with Crippen LogP contribution in [-0.4, -0.2) is 63.3 Å². The molecule has 30 heavy (non-hydrogen) atoms. The van der Waals surface area contributed by atoms with E-state index in [-0.39, 0.29) is 18.0 Å². The highest BCUT2D eigenvalue weighted by atomic mass is 35.5. The number of rotatable bonds is 4. The highest BCUT2D eigenvalue weighted by molar-refractivity contribution is 6.31. The molecule has 0 saturated carbocycles. The molecule has 3 heterocycles. The van der Waals surface area contributed by atoms with E-state index in [1.165, 1.54) is 4.68 Å². The number of halogens is 1. The molecule has 0 bridgehead atoms. The average Bonchev–Trinajstić information content (AvgIpc) is 2.97. The van der Waals surface area contributed by atoms with E-state index in [2.05, 4.69) is 14.6 Å². The molecule has 8 heteroatoms. The van der Waals surface area contributed by atoms with Crippen LogP contribution in [0.15, 0.2) is 35.3 Å². The quantitative estimate of drug-likeness (QED) is 0.641. The van der Waals surface area contributed by atoms with Gasteiger partial charge in [-0.25, -0.2) is 4.68 Å². The fraction of sp³-hybridized carbons (Fsp3) is 0.409. The van der Waals surface area contributed by atoms with Crippen molar-refractivity contribution in [3.8, 4) is 0 Å². The number of aromatic nitrogens is 3. The van der Waals surface area contributed by atoms with Crippen molar-refractivity contribution < 1.29 is 4.79 Å². The maximum absolute atomic E-state index is 13.2. The molecule has 0 N–H and O–H groups in total. The number of aryl methyl sites for hydroxylation is 2. The van der Waals surface area contributed by atoms with E-state index in [9.17, 15) is 9.59 Å². The summed E-state index contributed by atoms with van der Waals surface area (Å²) in [5.41, 5.74) is 2.58. The van der Waals surface area contributed by atoms with Crippen molar-refractivity contribution >= 4 is 28.3 Å². The number of hydrogen-bond acceptors (Lipinski definition) is 4. The molecule has 1 saturated heterocycles. The Morgan fingerprint density at radius 1 is 1.10 bits per heavy atom. The molecule has 158 valence electrons. The van der Waals surface area contributed by atoms with Gasteiger partial charge in [0.05, 0.1) is 11.6 Å². The number of fused-ring (bicyclic) bond motifs is 1. The zero-order chi connectivity index (χ0) is 21.4. The van der Waals surface area contributed by atoms with Crippen molar-refractivity contribution in [2.24, 2.45) is 0 Å². The van der Waals surface area contributed by atoms with Gasteiger partial charge in [-0.1, -0.05) is 29.8 Å². The average molecular weight is 428 g/mol. The number of carbonyl (C=O) groups excluding carboxylic acids is 1. The number of likely N-dealkylation sites (N-methyl/N-ethyl adjacent to an activating group) is 1. The van der Waals surface area contributed by atoms with Crippen LogP contribution in [0.2, 0.25) is 5.02 Å². The van der Waals surface area contributed by atoms with Crippen LogP contribution in [-0.2, 0) is 17.9 Å². The lowest BCUT2D eigenvalue weighted by atomic mass is 10.2. The van der Waals surface area contributed by atoms with Crippen molar-refractivity contribution in [2.45, 2.75) is 26.9 Å². The molecule has 0 radical (unpaired) electrons. The molecule has 4 rings (SSSR count). The molecule has 7 nitrogen and oxygen atoms in total. The molecule has 0 unspecified atom stereocenters. The van der Waals surface area contributed by atoms with E-state index in [0.717, 1.165) is 35.4 Å². The molecule has 2 aromatic heterocycles. The first-order valence-corrected chi connectivity index (χ1v) is 10.5. The predicted molar refractivity (Wildman–Crippen MR) is 118 cm³/mol. The number of hydrogen-bond donors (Lipinski definition) is 0. The van der Waals surface area contributed by atoms with Gasteiger partial charge in [0.25, 0.3) is 5.56 Å². The molecule has 1 fully saturated rings. The molecular formula is C22H26ClN5O2. The predicted octanol–water partition coefficient (Wildman–Crippen LogP) is 2.29. The van der Waals surface area contributed by atoms with Crippen LogP contribution in [0.25, 0.3) is 10.8 Å². The Balaban J connectivity index is 1.66. The molecule has 1 aliphatic rings. The van der Waals surface area contributed by atoms with Gasteiger partial charge >= 0.3 is 0 Å². The second kappa shape index (κ2) is 8.24. The SMILES string of the molecule is Cc1c2cnn(CC(=O)N3CCN(C)CC3)c(=O)c2c(C)n1Cc1ccccc1Cl. The lowest BCUT2D eigenvalue weighted by Crippen LogP contribution is -2.48. The van der Waals surface area contributed by atoms with E-state index in [1.54, 1.807) is 11.1 Å². The van der Waals surface area contributed by atoms with Crippen molar-refractivity contribution in [1.82, 2.24) is 24.1 Å². The van der Waals surface area contributed by atoms with Crippen molar-refractivity contribution in [3.05, 3.63) is 62.8 Å². The molecule has 1 aromatic carbocycles. The molecule has 0 spiro atoms. The lowest BCUT2D eigenvalue weighted by Gasteiger charge is -2.32. The second-order valence-corrected chi connectivity index (χ2v) is 8.34. The van der Waals surface area contributed by atoms with Crippen LogP contribution >= 0.6 is 11.6 Å². The van der Waals surface area contributed by atoms with Crippen LogP contribution in [0.1, 0.15) is 17.0 Å². The summed E-state index contributed by atoms with van der Waals surface area (Å²) in [6.45, 7) is 7.50. The van der Waals surface area contributed by atoms with Gasteiger partial charge in [-0.05, 0) is 32.5 Å². The van der Waals surface area contributed by atoms with Crippen LogP contribution in [0.5, 0.6) is 0 Å². The summed E-state index contributed by atoms with van der Waals surface area (Å²) in [7, 11) is 2.04. The van der Waals surface area contributed by atoms with Gasteiger partial charge in [0.15, 0.2) is 0 Å². The first-order chi connectivity index (χ1) is 14.4. The minimum Gasteiger partial charge on any atom is -0.343 e. The molecular weight excluding hydrogens is 402 g/mol. The van der Waals surface area contributed by atoms with Gasteiger partial charge in [-0.15, -0.1) is 0 Å². The van der Waals surface area contributed by atoms with E-state index < -0.39 is 0 Å². The van der Waals surface area contributed by atoms with Crippen molar-refractivity contribution in [3.63, 3.8) is 0 Å².